The Kier molecular flexibility index (Phi) is 3.78. The maximum Gasteiger partial charge on any atom is 0.197 e. The second kappa shape index (κ2) is 5.31. The zero-order valence-corrected chi connectivity index (χ0v) is 11.4. The molecule has 0 bridgehead atoms. The molecule has 5 heteroatoms. The van der Waals surface area contributed by atoms with E-state index in [1.807, 2.05) is 19.1 Å². The number of halogens is 1. The van der Waals surface area contributed by atoms with Crippen LogP contribution in [0.3, 0.4) is 0 Å². The van der Waals surface area contributed by atoms with E-state index in [-0.39, 0.29) is 0 Å². The molecule has 0 amide bonds. The fourth-order valence-corrected chi connectivity index (χ4v) is 2.13. The highest BCUT2D eigenvalue weighted by Gasteiger charge is 2.13. The molecular formula is C12H14BrN3O. The first-order valence-corrected chi connectivity index (χ1v) is 6.39. The van der Waals surface area contributed by atoms with E-state index >= 15 is 0 Å². The lowest BCUT2D eigenvalue weighted by atomic mass is 10.3. The Morgan fingerprint density at radius 3 is 2.76 bits per heavy atom. The predicted octanol–water partition coefficient (Wildman–Crippen LogP) is 3.49. The number of nitrogens with one attached hydrogen (secondary N) is 1. The third-order valence-corrected chi connectivity index (χ3v) is 3.17. The summed E-state index contributed by atoms with van der Waals surface area (Å²) in [5, 5.41) is 3.21. The number of nitrogens with zero attached hydrogens (tertiary/aromatic N) is 2. The highest BCUT2D eigenvalue weighted by atomic mass is 79.9. The van der Waals surface area contributed by atoms with Gasteiger partial charge in [-0.2, -0.15) is 0 Å². The van der Waals surface area contributed by atoms with E-state index in [1.165, 1.54) is 0 Å². The minimum absolute atomic E-state index is 0.617. The number of hydrogen-bond donors (Lipinski definition) is 1. The van der Waals surface area contributed by atoms with Gasteiger partial charge >= 0.3 is 0 Å². The highest BCUT2D eigenvalue weighted by Crippen LogP contribution is 2.27. The fraction of sp³-hybridized carbons (Fsp3) is 0.333. The van der Waals surface area contributed by atoms with E-state index in [4.69, 9.17) is 4.42 Å². The molecule has 1 N–H and O–H groups in total. The van der Waals surface area contributed by atoms with Crippen LogP contribution in [0.4, 0.5) is 5.82 Å². The second-order valence-electron chi connectivity index (χ2n) is 3.52. The standard InChI is InChI=1S/C12H14BrN3O/c1-3-8-10(13)12(14-4-2)16-11(15-8)9-6-5-7-17-9/h5-7H,3-4H2,1-2H3,(H,14,15,16). The lowest BCUT2D eigenvalue weighted by Crippen LogP contribution is -2.05. The van der Waals surface area contributed by atoms with Gasteiger partial charge in [0.05, 0.1) is 16.4 Å². The summed E-state index contributed by atoms with van der Waals surface area (Å²) < 4.78 is 6.25. The summed E-state index contributed by atoms with van der Waals surface area (Å²) >= 11 is 3.52. The maximum atomic E-state index is 5.32. The average molecular weight is 296 g/mol. The van der Waals surface area contributed by atoms with Crippen molar-refractivity contribution in [1.29, 1.82) is 0 Å². The van der Waals surface area contributed by atoms with Crippen LogP contribution < -0.4 is 5.32 Å². The molecule has 2 aromatic rings. The summed E-state index contributed by atoms with van der Waals surface area (Å²) in [7, 11) is 0. The summed E-state index contributed by atoms with van der Waals surface area (Å²) in [6, 6.07) is 3.69. The molecular weight excluding hydrogens is 282 g/mol. The van der Waals surface area contributed by atoms with Crippen molar-refractivity contribution in [2.24, 2.45) is 0 Å². The van der Waals surface area contributed by atoms with Gasteiger partial charge in [-0.15, -0.1) is 0 Å². The molecule has 0 saturated heterocycles. The van der Waals surface area contributed by atoms with Crippen LogP contribution >= 0.6 is 15.9 Å². The van der Waals surface area contributed by atoms with Crippen molar-refractivity contribution in [3.8, 4) is 11.6 Å². The third-order valence-electron chi connectivity index (χ3n) is 2.34. The first-order chi connectivity index (χ1) is 8.26. The number of furan rings is 1. The van der Waals surface area contributed by atoms with E-state index in [9.17, 15) is 0 Å². The van der Waals surface area contributed by atoms with Crippen molar-refractivity contribution in [2.75, 3.05) is 11.9 Å². The molecule has 0 atom stereocenters. The van der Waals surface area contributed by atoms with Gasteiger partial charge in [0.25, 0.3) is 0 Å². The number of anilines is 1. The Bertz CT molecular complexity index is 497. The lowest BCUT2D eigenvalue weighted by Gasteiger charge is -2.10. The normalized spacial score (nSPS) is 10.5. The van der Waals surface area contributed by atoms with Gasteiger partial charge < -0.3 is 9.73 Å². The summed E-state index contributed by atoms with van der Waals surface area (Å²) in [4.78, 5) is 8.93. The molecule has 0 unspecified atom stereocenters. The van der Waals surface area contributed by atoms with Crippen molar-refractivity contribution in [2.45, 2.75) is 20.3 Å². The second-order valence-corrected chi connectivity index (χ2v) is 4.31. The quantitative estimate of drug-likeness (QED) is 0.938. The van der Waals surface area contributed by atoms with Gasteiger partial charge in [0.1, 0.15) is 5.82 Å². The Balaban J connectivity index is 2.50. The van der Waals surface area contributed by atoms with Crippen molar-refractivity contribution in [3.05, 3.63) is 28.6 Å². The highest BCUT2D eigenvalue weighted by molar-refractivity contribution is 9.10. The molecule has 2 rings (SSSR count). The molecule has 17 heavy (non-hydrogen) atoms. The molecule has 0 aliphatic carbocycles. The Hall–Kier alpha value is -1.36. The minimum atomic E-state index is 0.617. The zero-order valence-electron chi connectivity index (χ0n) is 9.83. The molecule has 2 heterocycles. The van der Waals surface area contributed by atoms with Gasteiger partial charge in [-0.1, -0.05) is 6.92 Å². The molecule has 0 aromatic carbocycles. The van der Waals surface area contributed by atoms with Crippen LogP contribution in [-0.4, -0.2) is 16.5 Å². The number of rotatable bonds is 4. The summed E-state index contributed by atoms with van der Waals surface area (Å²) in [5.41, 5.74) is 0.974. The number of aromatic nitrogens is 2. The summed E-state index contributed by atoms with van der Waals surface area (Å²) in [6.45, 7) is 4.91. The lowest BCUT2D eigenvalue weighted by molar-refractivity contribution is 0.576. The van der Waals surface area contributed by atoms with Crippen molar-refractivity contribution in [1.82, 2.24) is 9.97 Å². The van der Waals surface area contributed by atoms with Gasteiger partial charge in [0, 0.05) is 6.54 Å². The number of hydrogen-bond acceptors (Lipinski definition) is 4. The van der Waals surface area contributed by atoms with E-state index in [0.717, 1.165) is 29.0 Å². The zero-order chi connectivity index (χ0) is 12.3. The van der Waals surface area contributed by atoms with Gasteiger partial charge in [0.15, 0.2) is 11.6 Å². The first-order valence-electron chi connectivity index (χ1n) is 5.60. The smallest absolute Gasteiger partial charge is 0.197 e. The Morgan fingerprint density at radius 1 is 1.35 bits per heavy atom. The van der Waals surface area contributed by atoms with Crippen molar-refractivity contribution >= 4 is 21.7 Å². The van der Waals surface area contributed by atoms with Crippen molar-refractivity contribution in [3.63, 3.8) is 0 Å². The molecule has 0 aliphatic heterocycles. The van der Waals surface area contributed by atoms with Crippen LogP contribution in [0, 0.1) is 0 Å². The van der Waals surface area contributed by atoms with Crippen LogP contribution in [0.15, 0.2) is 27.3 Å². The topological polar surface area (TPSA) is 51.0 Å². The average Bonchev–Trinajstić information content (AvgIpc) is 2.85. The van der Waals surface area contributed by atoms with Gasteiger partial charge in [0.2, 0.25) is 0 Å². The predicted molar refractivity (Wildman–Crippen MR) is 71.0 cm³/mol. The molecule has 90 valence electrons. The third kappa shape index (κ3) is 2.49. The largest absolute Gasteiger partial charge is 0.461 e. The Labute approximate surface area is 109 Å². The van der Waals surface area contributed by atoms with Gasteiger partial charge in [-0.05, 0) is 41.4 Å². The van der Waals surface area contributed by atoms with Gasteiger partial charge in [-0.25, -0.2) is 9.97 Å². The molecule has 0 fully saturated rings. The molecule has 0 aliphatic rings. The first kappa shape index (κ1) is 12.1. The fourth-order valence-electron chi connectivity index (χ4n) is 1.53. The van der Waals surface area contributed by atoms with E-state index in [1.54, 1.807) is 6.26 Å². The van der Waals surface area contributed by atoms with Crippen LogP contribution in [0.5, 0.6) is 0 Å². The van der Waals surface area contributed by atoms with E-state index in [2.05, 4.69) is 38.1 Å². The SMILES string of the molecule is CCNc1nc(-c2ccco2)nc(CC)c1Br. The van der Waals surface area contributed by atoms with Gasteiger partial charge in [-0.3, -0.25) is 0 Å². The molecule has 4 nitrogen and oxygen atoms in total. The summed E-state index contributed by atoms with van der Waals surface area (Å²) in [5.74, 6) is 2.11. The molecule has 0 radical (unpaired) electrons. The van der Waals surface area contributed by atoms with Crippen LogP contribution in [0.1, 0.15) is 19.5 Å². The minimum Gasteiger partial charge on any atom is -0.461 e. The maximum absolute atomic E-state index is 5.32. The van der Waals surface area contributed by atoms with E-state index < -0.39 is 0 Å². The molecule has 0 saturated carbocycles. The van der Waals surface area contributed by atoms with Crippen LogP contribution in [0.2, 0.25) is 0 Å². The van der Waals surface area contributed by atoms with E-state index in [0.29, 0.717) is 11.6 Å². The van der Waals surface area contributed by atoms with Crippen LogP contribution in [0.25, 0.3) is 11.6 Å². The summed E-state index contributed by atoms with van der Waals surface area (Å²) in [6.07, 6.45) is 2.47. The number of aryl methyl sites for hydroxylation is 1. The molecule has 2 aromatic heterocycles. The van der Waals surface area contributed by atoms with Crippen LogP contribution in [-0.2, 0) is 6.42 Å². The van der Waals surface area contributed by atoms with Crippen molar-refractivity contribution < 1.29 is 4.42 Å². The molecule has 0 spiro atoms. The Morgan fingerprint density at radius 2 is 2.18 bits per heavy atom. The monoisotopic (exact) mass is 295 g/mol.